The maximum Gasteiger partial charge on any atom is 0.331 e. The minimum Gasteiger partial charge on any atom is -0.464 e. The number of cyclic esters (lactones) is 1. The SMILES string of the molecule is COC1C(O)C(CO)OC(OC2C(C)OC(OC3CCC4(C)C(CCC5C4CCC4(C)C(C6=CC(=O)OC6)C(OC=O)CC54O)C3)C(O)C2O)C1O. The Balaban J connectivity index is 0.999. The molecule has 3 heterocycles. The fraction of sp³-hybridized carbons (Fsp3) is 0.892. The van der Waals surface area contributed by atoms with Gasteiger partial charge in [-0.05, 0) is 80.6 Å². The van der Waals surface area contributed by atoms with Crippen LogP contribution in [0.1, 0.15) is 72.1 Å². The Morgan fingerprint density at radius 3 is 2.35 bits per heavy atom. The molecule has 3 aliphatic heterocycles. The molecule has 0 spiro atoms. The lowest BCUT2D eigenvalue weighted by atomic mass is 9.43. The lowest BCUT2D eigenvalue weighted by Crippen LogP contribution is -2.64. The number of carbonyl (C=O) groups excluding carboxylic acids is 2. The minimum absolute atomic E-state index is 0.00970. The van der Waals surface area contributed by atoms with E-state index in [2.05, 4.69) is 13.8 Å². The number of aliphatic hydroxyl groups excluding tert-OH is 5. The van der Waals surface area contributed by atoms with E-state index in [1.54, 1.807) is 6.92 Å². The Hall–Kier alpha value is -1.76. The van der Waals surface area contributed by atoms with Gasteiger partial charge in [-0.15, -0.1) is 0 Å². The van der Waals surface area contributed by atoms with Crippen LogP contribution >= 0.6 is 0 Å². The third-order valence-electron chi connectivity index (χ3n) is 14.6. The molecule has 19 atom stereocenters. The zero-order valence-corrected chi connectivity index (χ0v) is 30.3. The second-order valence-electron chi connectivity index (χ2n) is 16.9. The molecule has 0 aromatic rings. The van der Waals surface area contributed by atoms with Crippen molar-refractivity contribution in [3.05, 3.63) is 11.6 Å². The normalized spacial score (nSPS) is 53.3. The van der Waals surface area contributed by atoms with E-state index in [9.17, 15) is 40.2 Å². The Bertz CT molecular complexity index is 1360. The standard InChI is InChI=1S/C37H56O15/c1-17-31(52-34-30(44)32(46-4)27(41)24(14-38)51-34)28(42)29(43)33(49-17)50-20-7-9-35(2)19(12-20)5-6-22-21(35)8-10-36(3)26(18-11-25(40)47-15-18)23(48-16-39)13-37(22,36)45/h11,16-17,19-24,26-34,38,41-45H,5-10,12-15H2,1-4H3. The van der Waals surface area contributed by atoms with Crippen LogP contribution in [0.15, 0.2) is 11.6 Å². The molecule has 0 aromatic carbocycles. The van der Waals surface area contributed by atoms with Crippen LogP contribution in [-0.4, -0.2) is 143 Å². The third kappa shape index (κ3) is 6.06. The van der Waals surface area contributed by atoms with Crippen molar-refractivity contribution >= 4 is 12.4 Å². The summed E-state index contributed by atoms with van der Waals surface area (Å²) in [5.74, 6) is -0.201. The number of rotatable bonds is 9. The first-order chi connectivity index (χ1) is 24.7. The van der Waals surface area contributed by atoms with Gasteiger partial charge in [0.2, 0.25) is 0 Å². The average molecular weight is 741 g/mol. The first-order valence-corrected chi connectivity index (χ1v) is 18.9. The molecule has 0 amide bonds. The van der Waals surface area contributed by atoms with E-state index < -0.39 is 91.1 Å². The molecule has 15 heteroatoms. The number of ether oxygens (including phenoxy) is 7. The highest BCUT2D eigenvalue weighted by Crippen LogP contribution is 2.70. The van der Waals surface area contributed by atoms with E-state index in [1.165, 1.54) is 13.2 Å². The van der Waals surface area contributed by atoms with Crippen LogP contribution in [0.4, 0.5) is 0 Å². The lowest BCUT2D eigenvalue weighted by Gasteiger charge is -2.63. The highest BCUT2D eigenvalue weighted by molar-refractivity contribution is 5.85. The zero-order valence-electron chi connectivity index (χ0n) is 30.3. The molecule has 4 aliphatic carbocycles. The molecule has 2 saturated heterocycles. The quantitative estimate of drug-likeness (QED) is 0.105. The van der Waals surface area contributed by atoms with E-state index >= 15 is 0 Å². The van der Waals surface area contributed by atoms with E-state index in [0.29, 0.717) is 19.3 Å². The van der Waals surface area contributed by atoms with Gasteiger partial charge in [-0.1, -0.05) is 13.8 Å². The Kier molecular flexibility index (Phi) is 10.7. The van der Waals surface area contributed by atoms with Gasteiger partial charge in [0.1, 0.15) is 55.4 Å². The second-order valence-corrected chi connectivity index (χ2v) is 16.9. The summed E-state index contributed by atoms with van der Waals surface area (Å²) < 4.78 is 40.0. The average Bonchev–Trinajstić information content (AvgIpc) is 3.63. The van der Waals surface area contributed by atoms with Gasteiger partial charge in [0.05, 0.1) is 24.4 Å². The van der Waals surface area contributed by atoms with Crippen LogP contribution in [-0.2, 0) is 42.7 Å². The number of hydrogen-bond acceptors (Lipinski definition) is 15. The fourth-order valence-electron chi connectivity index (χ4n) is 11.8. The highest BCUT2D eigenvalue weighted by atomic mass is 16.7. The van der Waals surface area contributed by atoms with Crippen molar-refractivity contribution in [3.8, 4) is 0 Å². The molecule has 6 fully saturated rings. The fourth-order valence-corrected chi connectivity index (χ4v) is 11.8. The molecule has 19 unspecified atom stereocenters. The Labute approximate surface area is 303 Å². The van der Waals surface area contributed by atoms with E-state index in [-0.39, 0.29) is 41.8 Å². The summed E-state index contributed by atoms with van der Waals surface area (Å²) in [5.41, 5.74) is -0.976. The van der Waals surface area contributed by atoms with Crippen molar-refractivity contribution in [2.75, 3.05) is 20.3 Å². The molecule has 7 aliphatic rings. The van der Waals surface area contributed by atoms with Crippen molar-refractivity contribution in [1.82, 2.24) is 0 Å². The Morgan fingerprint density at radius 1 is 0.923 bits per heavy atom. The van der Waals surface area contributed by atoms with Gasteiger partial charge in [-0.25, -0.2) is 4.79 Å². The molecular weight excluding hydrogens is 684 g/mol. The molecule has 7 rings (SSSR count). The van der Waals surface area contributed by atoms with Crippen molar-refractivity contribution in [3.63, 3.8) is 0 Å². The van der Waals surface area contributed by atoms with Gasteiger partial charge in [-0.2, -0.15) is 0 Å². The number of hydrogen-bond donors (Lipinski definition) is 6. The van der Waals surface area contributed by atoms with E-state index in [0.717, 1.165) is 44.1 Å². The third-order valence-corrected chi connectivity index (χ3v) is 14.6. The topological polar surface area (TPSA) is 220 Å². The van der Waals surface area contributed by atoms with Gasteiger partial charge in [0.15, 0.2) is 12.6 Å². The van der Waals surface area contributed by atoms with E-state index in [4.69, 9.17) is 33.2 Å². The predicted octanol–water partition coefficient (Wildman–Crippen LogP) is 0.0859. The molecule has 4 saturated carbocycles. The largest absolute Gasteiger partial charge is 0.464 e. The molecular formula is C37H56O15. The van der Waals surface area contributed by atoms with Crippen LogP contribution in [0.3, 0.4) is 0 Å². The molecule has 0 radical (unpaired) electrons. The number of carbonyl (C=O) groups is 2. The molecule has 0 bridgehead atoms. The smallest absolute Gasteiger partial charge is 0.331 e. The van der Waals surface area contributed by atoms with Crippen LogP contribution < -0.4 is 0 Å². The number of fused-ring (bicyclic) bond motifs is 5. The molecule has 6 N–H and O–H groups in total. The molecule has 294 valence electrons. The summed E-state index contributed by atoms with van der Waals surface area (Å²) in [5, 5.41) is 65.8. The van der Waals surface area contributed by atoms with Gasteiger partial charge in [0, 0.05) is 30.9 Å². The van der Waals surface area contributed by atoms with Gasteiger partial charge in [-0.3, -0.25) is 4.79 Å². The maximum atomic E-state index is 12.7. The second kappa shape index (κ2) is 14.4. The van der Waals surface area contributed by atoms with Crippen molar-refractivity contribution in [2.45, 2.75) is 151 Å². The zero-order chi connectivity index (χ0) is 37.3. The molecule has 15 nitrogen and oxygen atoms in total. The maximum absolute atomic E-state index is 12.7. The van der Waals surface area contributed by atoms with Crippen LogP contribution in [0.2, 0.25) is 0 Å². The number of esters is 1. The van der Waals surface area contributed by atoms with Gasteiger partial charge >= 0.3 is 5.97 Å². The first kappa shape index (κ1) is 38.5. The summed E-state index contributed by atoms with van der Waals surface area (Å²) in [6.45, 7) is 6.11. The summed E-state index contributed by atoms with van der Waals surface area (Å²) >= 11 is 0. The summed E-state index contributed by atoms with van der Waals surface area (Å²) in [4.78, 5) is 23.6. The molecule has 0 aromatic heterocycles. The van der Waals surface area contributed by atoms with Crippen molar-refractivity contribution in [2.24, 2.45) is 34.5 Å². The van der Waals surface area contributed by atoms with E-state index in [1.807, 2.05) is 0 Å². The lowest BCUT2D eigenvalue weighted by molar-refractivity contribution is -0.361. The predicted molar refractivity (Wildman–Crippen MR) is 177 cm³/mol. The monoisotopic (exact) mass is 740 g/mol. The van der Waals surface area contributed by atoms with Crippen LogP contribution in [0.25, 0.3) is 0 Å². The van der Waals surface area contributed by atoms with Crippen LogP contribution in [0.5, 0.6) is 0 Å². The van der Waals surface area contributed by atoms with Gasteiger partial charge in [0.25, 0.3) is 6.47 Å². The van der Waals surface area contributed by atoms with Crippen LogP contribution in [0, 0.1) is 34.5 Å². The van der Waals surface area contributed by atoms with Crippen molar-refractivity contribution in [1.29, 1.82) is 0 Å². The minimum atomic E-state index is -1.47. The van der Waals surface area contributed by atoms with Gasteiger partial charge < -0.3 is 63.8 Å². The summed E-state index contributed by atoms with van der Waals surface area (Å²) in [6, 6.07) is 0. The highest BCUT2D eigenvalue weighted by Gasteiger charge is 2.71. The number of aliphatic hydroxyl groups is 6. The van der Waals surface area contributed by atoms with Crippen molar-refractivity contribution < 1.29 is 73.4 Å². The number of methoxy groups -OCH3 is 1. The Morgan fingerprint density at radius 2 is 1.67 bits per heavy atom. The summed E-state index contributed by atoms with van der Waals surface area (Å²) in [6.07, 6.45) is -5.73. The first-order valence-electron chi connectivity index (χ1n) is 18.9. The summed E-state index contributed by atoms with van der Waals surface area (Å²) in [7, 11) is 1.30. The molecule has 52 heavy (non-hydrogen) atoms.